The molecule has 1 atom stereocenters. The predicted molar refractivity (Wildman–Crippen MR) is 67.6 cm³/mol. The van der Waals surface area contributed by atoms with Crippen molar-refractivity contribution in [2.75, 3.05) is 13.2 Å². The Morgan fingerprint density at radius 2 is 2.00 bits per heavy atom. The highest BCUT2D eigenvalue weighted by Crippen LogP contribution is 2.37. The van der Waals surface area contributed by atoms with E-state index in [-0.39, 0.29) is 5.60 Å². The Morgan fingerprint density at radius 1 is 1.25 bits per heavy atom. The Kier molecular flexibility index (Phi) is 4.26. The molecular weight excluding hydrogens is 198 g/mol. The molecule has 1 aliphatic heterocycles. The standard InChI is InChI=1S/C14H27NO/c1-12(2)6-7-13-14(16-11-10-15-13)8-4-3-5-9-14/h12-13,15H,3-11H2,1-2H3. The summed E-state index contributed by atoms with van der Waals surface area (Å²) in [6, 6.07) is 0.615. The van der Waals surface area contributed by atoms with Crippen molar-refractivity contribution in [2.45, 2.75) is 70.4 Å². The van der Waals surface area contributed by atoms with Crippen LogP contribution in [0.2, 0.25) is 0 Å². The minimum atomic E-state index is 0.200. The Balaban J connectivity index is 1.95. The average molecular weight is 225 g/mol. The lowest BCUT2D eigenvalue weighted by atomic mass is 9.76. The van der Waals surface area contributed by atoms with E-state index in [1.165, 1.54) is 44.9 Å². The Labute approximate surface area is 100 Å². The zero-order valence-corrected chi connectivity index (χ0v) is 10.9. The lowest BCUT2D eigenvalue weighted by Gasteiger charge is -2.47. The molecule has 2 nitrogen and oxygen atoms in total. The molecule has 0 aromatic rings. The van der Waals surface area contributed by atoms with Crippen LogP contribution in [-0.4, -0.2) is 24.8 Å². The largest absolute Gasteiger partial charge is 0.372 e. The van der Waals surface area contributed by atoms with E-state index in [1.54, 1.807) is 0 Å². The minimum absolute atomic E-state index is 0.200. The third kappa shape index (κ3) is 2.78. The van der Waals surface area contributed by atoms with Gasteiger partial charge in [-0.3, -0.25) is 0 Å². The van der Waals surface area contributed by atoms with Gasteiger partial charge in [0.25, 0.3) is 0 Å². The molecule has 1 spiro atoms. The van der Waals surface area contributed by atoms with E-state index in [2.05, 4.69) is 19.2 Å². The number of hydrogen-bond acceptors (Lipinski definition) is 2. The summed E-state index contributed by atoms with van der Waals surface area (Å²) in [5, 5.41) is 3.71. The van der Waals surface area contributed by atoms with Crippen molar-refractivity contribution >= 4 is 0 Å². The summed E-state index contributed by atoms with van der Waals surface area (Å²) in [4.78, 5) is 0. The van der Waals surface area contributed by atoms with Crippen molar-refractivity contribution in [1.29, 1.82) is 0 Å². The van der Waals surface area contributed by atoms with Gasteiger partial charge in [-0.05, 0) is 31.6 Å². The first kappa shape index (κ1) is 12.4. The maximum Gasteiger partial charge on any atom is 0.0835 e. The second-order valence-electron chi connectivity index (χ2n) is 5.95. The van der Waals surface area contributed by atoms with Gasteiger partial charge in [0.05, 0.1) is 12.2 Å². The molecule has 2 aliphatic rings. The fourth-order valence-corrected chi connectivity index (χ4v) is 3.28. The van der Waals surface area contributed by atoms with Gasteiger partial charge in [-0.15, -0.1) is 0 Å². The fraction of sp³-hybridized carbons (Fsp3) is 1.00. The maximum absolute atomic E-state index is 6.19. The van der Waals surface area contributed by atoms with E-state index in [9.17, 15) is 0 Å². The van der Waals surface area contributed by atoms with Crippen molar-refractivity contribution in [2.24, 2.45) is 5.92 Å². The zero-order valence-electron chi connectivity index (χ0n) is 10.9. The van der Waals surface area contributed by atoms with Crippen LogP contribution >= 0.6 is 0 Å². The predicted octanol–water partition coefficient (Wildman–Crippen LogP) is 3.11. The molecule has 2 heteroatoms. The molecule has 0 aromatic carbocycles. The van der Waals surface area contributed by atoms with Crippen LogP contribution in [0, 0.1) is 5.92 Å². The van der Waals surface area contributed by atoms with Gasteiger partial charge in [0.2, 0.25) is 0 Å². The lowest BCUT2D eigenvalue weighted by Crippen LogP contribution is -2.58. The highest BCUT2D eigenvalue weighted by molar-refractivity contribution is 4.97. The lowest BCUT2D eigenvalue weighted by molar-refractivity contribution is -0.119. The molecule has 1 heterocycles. The van der Waals surface area contributed by atoms with Crippen molar-refractivity contribution in [3.05, 3.63) is 0 Å². The molecule has 1 N–H and O–H groups in total. The van der Waals surface area contributed by atoms with Gasteiger partial charge in [0.15, 0.2) is 0 Å². The van der Waals surface area contributed by atoms with Gasteiger partial charge < -0.3 is 10.1 Å². The van der Waals surface area contributed by atoms with Crippen molar-refractivity contribution in [3.8, 4) is 0 Å². The second kappa shape index (κ2) is 5.50. The van der Waals surface area contributed by atoms with Gasteiger partial charge in [-0.1, -0.05) is 33.1 Å². The number of ether oxygens (including phenoxy) is 1. The van der Waals surface area contributed by atoms with Crippen molar-refractivity contribution in [3.63, 3.8) is 0 Å². The summed E-state index contributed by atoms with van der Waals surface area (Å²) in [7, 11) is 0. The van der Waals surface area contributed by atoms with Crippen LogP contribution in [0.25, 0.3) is 0 Å². The molecule has 1 saturated heterocycles. The van der Waals surface area contributed by atoms with Crippen LogP contribution in [0.4, 0.5) is 0 Å². The molecule has 16 heavy (non-hydrogen) atoms. The molecule has 1 saturated carbocycles. The Morgan fingerprint density at radius 3 is 2.69 bits per heavy atom. The van der Waals surface area contributed by atoms with Crippen molar-refractivity contribution in [1.82, 2.24) is 5.32 Å². The van der Waals surface area contributed by atoms with E-state index < -0.39 is 0 Å². The van der Waals surface area contributed by atoms with Gasteiger partial charge in [0.1, 0.15) is 0 Å². The van der Waals surface area contributed by atoms with E-state index in [0.29, 0.717) is 6.04 Å². The molecule has 1 aliphatic carbocycles. The van der Waals surface area contributed by atoms with Gasteiger partial charge in [-0.25, -0.2) is 0 Å². The van der Waals surface area contributed by atoms with Crippen molar-refractivity contribution < 1.29 is 4.74 Å². The quantitative estimate of drug-likeness (QED) is 0.797. The number of rotatable bonds is 3. The molecule has 94 valence electrons. The minimum Gasteiger partial charge on any atom is -0.372 e. The van der Waals surface area contributed by atoms with Gasteiger partial charge >= 0.3 is 0 Å². The monoisotopic (exact) mass is 225 g/mol. The molecule has 0 bridgehead atoms. The third-order valence-corrected chi connectivity index (χ3v) is 4.25. The molecule has 2 fully saturated rings. The van der Waals surface area contributed by atoms with Crippen LogP contribution in [0.15, 0.2) is 0 Å². The van der Waals surface area contributed by atoms with Crippen LogP contribution in [-0.2, 0) is 4.74 Å². The summed E-state index contributed by atoms with van der Waals surface area (Å²) >= 11 is 0. The summed E-state index contributed by atoms with van der Waals surface area (Å²) < 4.78 is 6.19. The first-order valence-corrected chi connectivity index (χ1v) is 7.10. The molecular formula is C14H27NO. The smallest absolute Gasteiger partial charge is 0.0835 e. The van der Waals surface area contributed by atoms with Gasteiger partial charge in [-0.2, -0.15) is 0 Å². The molecule has 0 amide bonds. The summed E-state index contributed by atoms with van der Waals surface area (Å²) in [5.74, 6) is 0.810. The Hall–Kier alpha value is -0.0800. The number of morpholine rings is 1. The molecule has 2 rings (SSSR count). The molecule has 1 unspecified atom stereocenters. The van der Waals surface area contributed by atoms with Gasteiger partial charge in [0, 0.05) is 12.6 Å². The Bertz CT molecular complexity index is 201. The highest BCUT2D eigenvalue weighted by atomic mass is 16.5. The van der Waals surface area contributed by atoms with Crippen LogP contribution in [0.5, 0.6) is 0 Å². The topological polar surface area (TPSA) is 21.3 Å². The normalized spacial score (nSPS) is 29.8. The van der Waals surface area contributed by atoms with Crippen LogP contribution in [0.1, 0.15) is 58.8 Å². The van der Waals surface area contributed by atoms with Crippen LogP contribution in [0.3, 0.4) is 0 Å². The summed E-state index contributed by atoms with van der Waals surface area (Å²) in [6.45, 7) is 6.59. The average Bonchev–Trinajstić information content (AvgIpc) is 2.29. The second-order valence-corrected chi connectivity index (χ2v) is 5.95. The fourth-order valence-electron chi connectivity index (χ4n) is 3.28. The SMILES string of the molecule is CC(C)CCC1NCCOC12CCCCC2. The highest BCUT2D eigenvalue weighted by Gasteiger charge is 2.42. The first-order chi connectivity index (χ1) is 7.73. The summed E-state index contributed by atoms with van der Waals surface area (Å²) in [6.07, 6.45) is 9.30. The van der Waals surface area contributed by atoms with E-state index in [4.69, 9.17) is 4.74 Å². The van der Waals surface area contributed by atoms with E-state index >= 15 is 0 Å². The third-order valence-electron chi connectivity index (χ3n) is 4.25. The maximum atomic E-state index is 6.19. The zero-order chi connectivity index (χ0) is 11.4. The molecule has 0 radical (unpaired) electrons. The summed E-state index contributed by atoms with van der Waals surface area (Å²) in [5.41, 5.74) is 0.200. The molecule has 0 aromatic heterocycles. The van der Waals surface area contributed by atoms with Crippen LogP contribution < -0.4 is 5.32 Å². The van der Waals surface area contributed by atoms with E-state index in [0.717, 1.165) is 19.1 Å². The number of hydrogen-bond donors (Lipinski definition) is 1. The van der Waals surface area contributed by atoms with E-state index in [1.807, 2.05) is 0 Å². The first-order valence-electron chi connectivity index (χ1n) is 7.10. The number of nitrogens with one attached hydrogen (secondary N) is 1.